The van der Waals surface area contributed by atoms with Crippen LogP contribution in [-0.2, 0) is 11.4 Å². The van der Waals surface area contributed by atoms with Gasteiger partial charge < -0.3 is 14.7 Å². The smallest absolute Gasteiger partial charge is 0.260 e. The van der Waals surface area contributed by atoms with Crippen LogP contribution in [0.2, 0.25) is 0 Å². The zero-order valence-corrected chi connectivity index (χ0v) is 12.0. The molecule has 0 fully saturated rings. The van der Waals surface area contributed by atoms with Gasteiger partial charge in [-0.3, -0.25) is 9.78 Å². The molecule has 0 aliphatic heterocycles. The molecule has 1 rings (SSSR count). The average molecular weight is 266 g/mol. The van der Waals surface area contributed by atoms with E-state index in [0.29, 0.717) is 11.4 Å². The topological polar surface area (TPSA) is 62.7 Å². The third-order valence-electron chi connectivity index (χ3n) is 2.72. The van der Waals surface area contributed by atoms with E-state index in [9.17, 15) is 4.79 Å². The maximum atomic E-state index is 12.1. The van der Waals surface area contributed by atoms with E-state index in [1.165, 1.54) is 6.20 Å². The molecule has 0 aromatic carbocycles. The number of pyridine rings is 1. The maximum absolute atomic E-state index is 12.1. The van der Waals surface area contributed by atoms with Crippen molar-refractivity contribution in [3.05, 3.63) is 24.0 Å². The molecule has 0 bridgehead atoms. The van der Waals surface area contributed by atoms with Crippen LogP contribution in [0.15, 0.2) is 18.3 Å². The number of aromatic nitrogens is 1. The Bertz CT molecular complexity index is 394. The molecule has 1 aromatic rings. The highest BCUT2D eigenvalue weighted by atomic mass is 16.5. The lowest BCUT2D eigenvalue weighted by atomic mass is 10.2. The van der Waals surface area contributed by atoms with Gasteiger partial charge in [0.2, 0.25) is 0 Å². The maximum Gasteiger partial charge on any atom is 0.260 e. The predicted molar refractivity (Wildman–Crippen MR) is 72.8 cm³/mol. The Morgan fingerprint density at radius 3 is 2.37 bits per heavy atom. The van der Waals surface area contributed by atoms with Crippen molar-refractivity contribution in [2.45, 2.75) is 46.4 Å². The van der Waals surface area contributed by atoms with Gasteiger partial charge in [-0.15, -0.1) is 0 Å². The molecule has 5 heteroatoms. The number of hydrogen-bond donors (Lipinski definition) is 1. The Morgan fingerprint density at radius 1 is 1.32 bits per heavy atom. The molecule has 0 spiro atoms. The van der Waals surface area contributed by atoms with Crippen molar-refractivity contribution in [3.8, 4) is 5.75 Å². The second-order valence-corrected chi connectivity index (χ2v) is 4.92. The third-order valence-corrected chi connectivity index (χ3v) is 2.72. The summed E-state index contributed by atoms with van der Waals surface area (Å²) in [4.78, 5) is 17.8. The lowest BCUT2D eigenvalue weighted by molar-refractivity contribution is -0.136. The number of carbonyl (C=O) groups excluding carboxylic acids is 1. The van der Waals surface area contributed by atoms with Gasteiger partial charge in [-0.25, -0.2) is 0 Å². The highest BCUT2D eigenvalue weighted by Gasteiger charge is 2.20. The molecular weight excluding hydrogens is 244 g/mol. The molecule has 0 radical (unpaired) electrons. The SMILES string of the molecule is CC(C)N(C(=O)COc1ccc(CO)nc1)C(C)C. The van der Waals surface area contributed by atoms with Crippen LogP contribution >= 0.6 is 0 Å². The van der Waals surface area contributed by atoms with E-state index in [4.69, 9.17) is 9.84 Å². The van der Waals surface area contributed by atoms with Crippen LogP contribution in [0.4, 0.5) is 0 Å². The van der Waals surface area contributed by atoms with Crippen molar-refractivity contribution in [2.75, 3.05) is 6.61 Å². The number of ether oxygens (including phenoxy) is 1. The molecule has 0 unspecified atom stereocenters. The van der Waals surface area contributed by atoms with E-state index < -0.39 is 0 Å². The number of rotatable bonds is 6. The summed E-state index contributed by atoms with van der Waals surface area (Å²) in [5.74, 6) is 0.481. The van der Waals surface area contributed by atoms with Gasteiger partial charge in [0.05, 0.1) is 18.5 Å². The van der Waals surface area contributed by atoms with E-state index in [1.807, 2.05) is 27.7 Å². The van der Waals surface area contributed by atoms with Gasteiger partial charge in [0.25, 0.3) is 5.91 Å². The molecule has 19 heavy (non-hydrogen) atoms. The first kappa shape index (κ1) is 15.4. The summed E-state index contributed by atoms with van der Waals surface area (Å²) in [6.07, 6.45) is 1.51. The monoisotopic (exact) mass is 266 g/mol. The van der Waals surface area contributed by atoms with Crippen LogP contribution in [0.3, 0.4) is 0 Å². The van der Waals surface area contributed by atoms with Crippen LogP contribution in [0, 0.1) is 0 Å². The highest BCUT2D eigenvalue weighted by molar-refractivity contribution is 5.78. The third kappa shape index (κ3) is 4.52. The van der Waals surface area contributed by atoms with Gasteiger partial charge in [-0.2, -0.15) is 0 Å². The van der Waals surface area contributed by atoms with Crippen LogP contribution in [0.1, 0.15) is 33.4 Å². The Hall–Kier alpha value is -1.62. The normalized spacial score (nSPS) is 10.9. The zero-order valence-electron chi connectivity index (χ0n) is 12.0. The molecule has 0 atom stereocenters. The van der Waals surface area contributed by atoms with Crippen LogP contribution < -0.4 is 4.74 Å². The number of aliphatic hydroxyl groups is 1. The summed E-state index contributed by atoms with van der Waals surface area (Å²) < 4.78 is 5.41. The van der Waals surface area contributed by atoms with E-state index in [-0.39, 0.29) is 31.2 Å². The summed E-state index contributed by atoms with van der Waals surface area (Å²) >= 11 is 0. The average Bonchev–Trinajstić information content (AvgIpc) is 2.36. The van der Waals surface area contributed by atoms with Crippen LogP contribution in [0.5, 0.6) is 5.75 Å². The predicted octanol–water partition coefficient (Wildman–Crippen LogP) is 1.60. The van der Waals surface area contributed by atoms with E-state index in [2.05, 4.69) is 4.98 Å². The van der Waals surface area contributed by atoms with Crippen molar-refractivity contribution in [1.29, 1.82) is 0 Å². The fourth-order valence-corrected chi connectivity index (χ4v) is 1.98. The number of aliphatic hydroxyl groups excluding tert-OH is 1. The number of nitrogens with zero attached hydrogens (tertiary/aromatic N) is 2. The molecule has 0 aliphatic carbocycles. The molecule has 106 valence electrons. The Kier molecular flexibility index (Phi) is 5.76. The number of carbonyl (C=O) groups is 1. The molecule has 1 N–H and O–H groups in total. The van der Waals surface area contributed by atoms with Crippen LogP contribution in [0.25, 0.3) is 0 Å². The standard InChI is InChI=1S/C14H22N2O3/c1-10(2)16(11(3)4)14(18)9-19-13-6-5-12(8-17)15-7-13/h5-7,10-11,17H,8-9H2,1-4H3. The second-order valence-electron chi connectivity index (χ2n) is 4.92. The summed E-state index contributed by atoms with van der Waals surface area (Å²) in [5, 5.41) is 8.88. The van der Waals surface area contributed by atoms with Crippen molar-refractivity contribution < 1.29 is 14.6 Å². The minimum atomic E-state index is -0.103. The van der Waals surface area contributed by atoms with E-state index in [0.717, 1.165) is 0 Å². The molecule has 0 aliphatic rings. The number of hydrogen-bond acceptors (Lipinski definition) is 4. The minimum Gasteiger partial charge on any atom is -0.482 e. The molecule has 1 amide bonds. The lowest BCUT2D eigenvalue weighted by Crippen LogP contribution is -2.44. The lowest BCUT2D eigenvalue weighted by Gasteiger charge is -2.30. The van der Waals surface area contributed by atoms with Crippen molar-refractivity contribution in [3.63, 3.8) is 0 Å². The first-order valence-electron chi connectivity index (χ1n) is 6.45. The van der Waals surface area contributed by atoms with Gasteiger partial charge in [-0.1, -0.05) is 0 Å². The summed E-state index contributed by atoms with van der Waals surface area (Å²) in [6, 6.07) is 3.65. The van der Waals surface area contributed by atoms with Gasteiger partial charge in [0, 0.05) is 12.1 Å². The van der Waals surface area contributed by atoms with E-state index in [1.54, 1.807) is 17.0 Å². The quantitative estimate of drug-likeness (QED) is 0.849. The summed E-state index contributed by atoms with van der Waals surface area (Å²) in [5.41, 5.74) is 0.574. The van der Waals surface area contributed by atoms with E-state index >= 15 is 0 Å². The first-order valence-corrected chi connectivity index (χ1v) is 6.45. The largest absolute Gasteiger partial charge is 0.482 e. The van der Waals surface area contributed by atoms with Crippen LogP contribution in [-0.4, -0.2) is 39.6 Å². The van der Waals surface area contributed by atoms with Crippen molar-refractivity contribution in [2.24, 2.45) is 0 Å². The minimum absolute atomic E-state index is 0.00346. The summed E-state index contributed by atoms with van der Waals surface area (Å²) in [7, 11) is 0. The molecule has 1 heterocycles. The fraction of sp³-hybridized carbons (Fsp3) is 0.571. The Morgan fingerprint density at radius 2 is 1.95 bits per heavy atom. The summed E-state index contributed by atoms with van der Waals surface area (Å²) in [6.45, 7) is 7.82. The molecule has 0 saturated carbocycles. The first-order chi connectivity index (χ1) is 8.95. The number of amides is 1. The van der Waals surface area contributed by atoms with Gasteiger partial charge in [0.15, 0.2) is 6.61 Å². The Labute approximate surface area is 114 Å². The molecule has 0 saturated heterocycles. The fourth-order valence-electron chi connectivity index (χ4n) is 1.98. The Balaban J connectivity index is 2.57. The highest BCUT2D eigenvalue weighted by Crippen LogP contribution is 2.11. The zero-order chi connectivity index (χ0) is 14.4. The second kappa shape index (κ2) is 7.09. The van der Waals surface area contributed by atoms with Crippen molar-refractivity contribution >= 4 is 5.91 Å². The van der Waals surface area contributed by atoms with Gasteiger partial charge in [-0.05, 0) is 39.8 Å². The molecule has 1 aromatic heterocycles. The molecule has 5 nitrogen and oxygen atoms in total. The molecular formula is C14H22N2O3. The van der Waals surface area contributed by atoms with Gasteiger partial charge in [0.1, 0.15) is 5.75 Å². The van der Waals surface area contributed by atoms with Gasteiger partial charge >= 0.3 is 0 Å². The van der Waals surface area contributed by atoms with Crippen molar-refractivity contribution in [1.82, 2.24) is 9.88 Å².